The average Bonchev–Trinajstić information content (AvgIpc) is 3.42. The molecule has 0 saturated carbocycles. The van der Waals surface area contributed by atoms with E-state index in [1.807, 2.05) is 67.1 Å². The van der Waals surface area contributed by atoms with Gasteiger partial charge in [-0.25, -0.2) is 4.68 Å². The van der Waals surface area contributed by atoms with E-state index in [0.717, 1.165) is 22.6 Å². The Morgan fingerprint density at radius 1 is 1.10 bits per heavy atom. The van der Waals surface area contributed by atoms with Crippen molar-refractivity contribution in [2.24, 2.45) is 0 Å². The summed E-state index contributed by atoms with van der Waals surface area (Å²) in [7, 11) is 0. The lowest BCUT2D eigenvalue weighted by Crippen LogP contribution is -2.22. The van der Waals surface area contributed by atoms with Gasteiger partial charge in [0.15, 0.2) is 5.69 Å². The molecule has 8 nitrogen and oxygen atoms in total. The van der Waals surface area contributed by atoms with Crippen molar-refractivity contribution in [2.75, 3.05) is 6.61 Å². The lowest BCUT2D eigenvalue weighted by molar-refractivity contribution is -0.00119. The van der Waals surface area contributed by atoms with E-state index < -0.39 is 0 Å². The molecule has 8 heteroatoms. The van der Waals surface area contributed by atoms with E-state index in [-0.39, 0.29) is 6.10 Å². The van der Waals surface area contributed by atoms with E-state index >= 15 is 0 Å². The fourth-order valence-corrected chi connectivity index (χ4v) is 3.46. The lowest BCUT2D eigenvalue weighted by Gasteiger charge is -2.24. The number of benzene rings is 2. The number of fused-ring (bicyclic) bond motifs is 1. The van der Waals surface area contributed by atoms with Crippen molar-refractivity contribution in [3.05, 3.63) is 65.4 Å². The van der Waals surface area contributed by atoms with Gasteiger partial charge >= 0.3 is 0 Å². The van der Waals surface area contributed by atoms with Crippen LogP contribution in [-0.2, 0) is 17.9 Å². The Labute approximate surface area is 173 Å². The second-order valence-electron chi connectivity index (χ2n) is 7.16. The minimum absolute atomic E-state index is 0.103. The van der Waals surface area contributed by atoms with Gasteiger partial charge in [-0.1, -0.05) is 52.3 Å². The van der Waals surface area contributed by atoms with Gasteiger partial charge in [-0.2, -0.15) is 4.98 Å². The molecule has 4 aromatic rings. The van der Waals surface area contributed by atoms with Gasteiger partial charge in [0.05, 0.1) is 25.5 Å². The third-order valence-electron chi connectivity index (χ3n) is 5.10. The quantitative estimate of drug-likeness (QED) is 0.498. The molecule has 0 aliphatic carbocycles. The highest BCUT2D eigenvalue weighted by Gasteiger charge is 2.28. The van der Waals surface area contributed by atoms with Crippen LogP contribution >= 0.6 is 0 Å². The summed E-state index contributed by atoms with van der Waals surface area (Å²) < 4.78 is 18.9. The molecule has 0 unspecified atom stereocenters. The van der Waals surface area contributed by atoms with E-state index in [1.54, 1.807) is 0 Å². The number of rotatable bonds is 5. The molecule has 1 aliphatic rings. The van der Waals surface area contributed by atoms with Gasteiger partial charge in [-0.05, 0) is 31.5 Å². The molecule has 0 spiro atoms. The van der Waals surface area contributed by atoms with Gasteiger partial charge in [0.1, 0.15) is 11.9 Å². The van der Waals surface area contributed by atoms with E-state index in [2.05, 4.69) is 20.5 Å². The summed E-state index contributed by atoms with van der Waals surface area (Å²) in [6.45, 7) is 5.58. The molecule has 2 aromatic carbocycles. The molecule has 0 saturated heterocycles. The van der Waals surface area contributed by atoms with Crippen molar-refractivity contribution < 1.29 is 14.0 Å². The Hall–Kier alpha value is -3.52. The summed E-state index contributed by atoms with van der Waals surface area (Å²) in [4.78, 5) is 4.50. The molecule has 0 fully saturated rings. The largest absolute Gasteiger partial charge is 0.494 e. The minimum Gasteiger partial charge on any atom is -0.494 e. The third-order valence-corrected chi connectivity index (χ3v) is 5.10. The number of hydrogen-bond donors (Lipinski definition) is 0. The maximum absolute atomic E-state index is 6.08. The van der Waals surface area contributed by atoms with Crippen LogP contribution in [0.25, 0.3) is 23.0 Å². The second kappa shape index (κ2) is 7.72. The molecule has 1 atom stereocenters. The van der Waals surface area contributed by atoms with Crippen LogP contribution in [0, 0.1) is 6.92 Å². The molecule has 3 heterocycles. The van der Waals surface area contributed by atoms with Crippen molar-refractivity contribution in [1.82, 2.24) is 25.1 Å². The third kappa shape index (κ3) is 3.46. The first-order chi connectivity index (χ1) is 14.7. The first-order valence-electron chi connectivity index (χ1n) is 9.89. The van der Waals surface area contributed by atoms with Crippen LogP contribution < -0.4 is 4.74 Å². The van der Waals surface area contributed by atoms with Crippen molar-refractivity contribution in [3.63, 3.8) is 0 Å². The smallest absolute Gasteiger partial charge is 0.280 e. The van der Waals surface area contributed by atoms with Gasteiger partial charge in [-0.15, -0.1) is 5.10 Å². The van der Waals surface area contributed by atoms with Crippen LogP contribution in [0.4, 0.5) is 0 Å². The van der Waals surface area contributed by atoms with E-state index in [0.29, 0.717) is 37.2 Å². The SMILES string of the molecule is CCOc1ccc([C@@H]2Cn3nnc(-c4nc(-c5ccc(C)cc5)no4)c3CO2)cc1. The van der Waals surface area contributed by atoms with Crippen LogP contribution in [0.5, 0.6) is 5.75 Å². The number of aromatic nitrogens is 5. The molecule has 30 heavy (non-hydrogen) atoms. The zero-order valence-corrected chi connectivity index (χ0v) is 16.8. The van der Waals surface area contributed by atoms with Gasteiger partial charge < -0.3 is 14.0 Å². The van der Waals surface area contributed by atoms with Crippen molar-refractivity contribution in [1.29, 1.82) is 0 Å². The van der Waals surface area contributed by atoms with E-state index in [1.165, 1.54) is 5.56 Å². The van der Waals surface area contributed by atoms with Gasteiger partial charge in [0, 0.05) is 5.56 Å². The summed E-state index contributed by atoms with van der Waals surface area (Å²) in [5.74, 6) is 1.72. The molecular weight excluding hydrogens is 382 g/mol. The van der Waals surface area contributed by atoms with Crippen LogP contribution in [0.15, 0.2) is 53.1 Å². The summed E-state index contributed by atoms with van der Waals surface area (Å²) >= 11 is 0. The molecule has 0 radical (unpaired) electrons. The van der Waals surface area contributed by atoms with Crippen molar-refractivity contribution in [3.8, 4) is 28.7 Å². The van der Waals surface area contributed by atoms with Crippen LogP contribution in [0.1, 0.15) is 29.8 Å². The number of ether oxygens (including phenoxy) is 2. The Morgan fingerprint density at radius 2 is 1.90 bits per heavy atom. The molecular formula is C22H21N5O3. The fraction of sp³-hybridized carbons (Fsp3) is 0.273. The fourth-order valence-electron chi connectivity index (χ4n) is 3.46. The molecule has 0 bridgehead atoms. The topological polar surface area (TPSA) is 88.1 Å². The molecule has 152 valence electrons. The Kier molecular flexibility index (Phi) is 4.76. The number of nitrogens with zero attached hydrogens (tertiary/aromatic N) is 5. The maximum atomic E-state index is 6.08. The molecule has 1 aliphatic heterocycles. The van der Waals surface area contributed by atoms with E-state index in [9.17, 15) is 0 Å². The summed E-state index contributed by atoms with van der Waals surface area (Å²) in [5.41, 5.74) is 4.53. The molecule has 2 aromatic heterocycles. The predicted molar refractivity (Wildman–Crippen MR) is 109 cm³/mol. The molecule has 0 N–H and O–H groups in total. The van der Waals surface area contributed by atoms with Crippen LogP contribution in [0.3, 0.4) is 0 Å². The summed E-state index contributed by atoms with van der Waals surface area (Å²) in [5, 5.41) is 12.6. The molecule has 0 amide bonds. The van der Waals surface area contributed by atoms with Gasteiger partial charge in [-0.3, -0.25) is 0 Å². The highest BCUT2D eigenvalue weighted by molar-refractivity contribution is 5.59. The van der Waals surface area contributed by atoms with Gasteiger partial charge in [0.25, 0.3) is 5.89 Å². The first kappa shape index (κ1) is 18.5. The first-order valence-corrected chi connectivity index (χ1v) is 9.89. The predicted octanol–water partition coefficient (Wildman–Crippen LogP) is 3.97. The summed E-state index contributed by atoms with van der Waals surface area (Å²) in [6.07, 6.45) is -0.103. The van der Waals surface area contributed by atoms with E-state index in [4.69, 9.17) is 14.0 Å². The lowest BCUT2D eigenvalue weighted by atomic mass is 10.1. The number of hydrogen-bond acceptors (Lipinski definition) is 7. The highest BCUT2D eigenvalue weighted by Crippen LogP contribution is 2.31. The second-order valence-corrected chi connectivity index (χ2v) is 7.16. The highest BCUT2D eigenvalue weighted by atomic mass is 16.5. The monoisotopic (exact) mass is 403 g/mol. The standard InChI is InChI=1S/C22H21N5O3/c1-3-28-17-10-8-15(9-11-17)19-12-27-18(13-29-19)20(24-26-27)22-23-21(25-30-22)16-6-4-14(2)5-7-16/h4-11,19H,3,12-13H2,1-2H3/t19-/m0/s1. The van der Waals surface area contributed by atoms with Crippen LogP contribution in [0.2, 0.25) is 0 Å². The number of aryl methyl sites for hydroxylation is 1. The minimum atomic E-state index is -0.103. The Bertz CT molecular complexity index is 1150. The van der Waals surface area contributed by atoms with Crippen molar-refractivity contribution >= 4 is 0 Å². The van der Waals surface area contributed by atoms with Gasteiger partial charge in [0.2, 0.25) is 5.82 Å². The Morgan fingerprint density at radius 3 is 2.67 bits per heavy atom. The zero-order chi connectivity index (χ0) is 20.5. The maximum Gasteiger partial charge on any atom is 0.280 e. The summed E-state index contributed by atoms with van der Waals surface area (Å²) in [6, 6.07) is 15.9. The van der Waals surface area contributed by atoms with Crippen molar-refractivity contribution in [2.45, 2.75) is 33.1 Å². The Balaban J connectivity index is 1.36. The van der Waals surface area contributed by atoms with Crippen LogP contribution in [-0.4, -0.2) is 31.7 Å². The average molecular weight is 403 g/mol. The normalized spacial score (nSPS) is 15.7. The molecule has 5 rings (SSSR count). The zero-order valence-electron chi connectivity index (χ0n) is 16.8.